The van der Waals surface area contributed by atoms with E-state index in [2.05, 4.69) is 5.32 Å². The number of carbonyl (C=O) groups is 1. The minimum atomic E-state index is -0.583. The summed E-state index contributed by atoms with van der Waals surface area (Å²) in [7, 11) is 0. The summed E-state index contributed by atoms with van der Waals surface area (Å²) in [5, 5.41) is 3.66. The van der Waals surface area contributed by atoms with Crippen molar-refractivity contribution in [1.82, 2.24) is 4.98 Å². The van der Waals surface area contributed by atoms with E-state index in [0.717, 1.165) is 22.4 Å². The number of nitrogens with one attached hydrogen (secondary N) is 1. The van der Waals surface area contributed by atoms with Crippen molar-refractivity contribution in [1.29, 1.82) is 0 Å². The molecule has 0 unspecified atom stereocenters. The van der Waals surface area contributed by atoms with Gasteiger partial charge in [-0.3, -0.25) is 4.79 Å². The zero-order valence-electron chi connectivity index (χ0n) is 16.0. The first-order valence-electron chi connectivity index (χ1n) is 9.17. The Bertz CT molecular complexity index is 1240. The summed E-state index contributed by atoms with van der Waals surface area (Å²) < 4.78 is 14.2. The van der Waals surface area contributed by atoms with E-state index in [1.54, 1.807) is 0 Å². The van der Waals surface area contributed by atoms with Gasteiger partial charge in [0.15, 0.2) is 0 Å². The number of fused-ring (bicyclic) bond motifs is 1. The predicted molar refractivity (Wildman–Crippen MR) is 116 cm³/mol. The number of amides is 1. The van der Waals surface area contributed by atoms with Crippen LogP contribution < -0.4 is 5.32 Å². The number of halogens is 2. The summed E-state index contributed by atoms with van der Waals surface area (Å²) in [6, 6.07) is 19.6. The summed E-state index contributed by atoms with van der Waals surface area (Å²) in [4.78, 5) is 18.0. The lowest BCUT2D eigenvalue weighted by Crippen LogP contribution is -2.16. The fourth-order valence-corrected chi connectivity index (χ4v) is 3.53. The number of hydrogen-bond acceptors (Lipinski definition) is 2. The van der Waals surface area contributed by atoms with Gasteiger partial charge in [0.25, 0.3) is 5.91 Å². The first-order valence-corrected chi connectivity index (χ1v) is 9.54. The summed E-state index contributed by atoms with van der Waals surface area (Å²) in [6.45, 7) is 3.88. The largest absolute Gasteiger partial charge is 0.319 e. The maximum absolute atomic E-state index is 14.2. The van der Waals surface area contributed by atoms with E-state index < -0.39 is 11.7 Å². The van der Waals surface area contributed by atoms with Crippen LogP contribution in [0.3, 0.4) is 0 Å². The Hall–Kier alpha value is -3.24. The minimum absolute atomic E-state index is 0.0802. The van der Waals surface area contributed by atoms with Gasteiger partial charge in [-0.25, -0.2) is 9.37 Å². The van der Waals surface area contributed by atoms with Gasteiger partial charge in [0, 0.05) is 16.0 Å². The molecule has 1 heterocycles. The zero-order valence-corrected chi connectivity index (χ0v) is 16.7. The Balaban J connectivity index is 1.87. The Kier molecular flexibility index (Phi) is 5.03. The second-order valence-electron chi connectivity index (χ2n) is 6.92. The highest BCUT2D eigenvalue weighted by atomic mass is 35.5. The van der Waals surface area contributed by atoms with Crippen molar-refractivity contribution in [2.24, 2.45) is 0 Å². The van der Waals surface area contributed by atoms with E-state index in [1.807, 2.05) is 62.4 Å². The number of nitrogens with zero attached hydrogens (tertiary/aromatic N) is 1. The Morgan fingerprint density at radius 2 is 1.72 bits per heavy atom. The summed E-state index contributed by atoms with van der Waals surface area (Å²) in [5.74, 6) is -0.976. The fourth-order valence-electron chi connectivity index (χ4n) is 3.37. The van der Waals surface area contributed by atoms with Crippen molar-refractivity contribution in [2.45, 2.75) is 13.8 Å². The topological polar surface area (TPSA) is 42.0 Å². The van der Waals surface area contributed by atoms with Gasteiger partial charge in [0.05, 0.1) is 22.5 Å². The summed E-state index contributed by atoms with van der Waals surface area (Å²) in [5.41, 5.74) is 4.78. The first kappa shape index (κ1) is 19.1. The third kappa shape index (κ3) is 3.71. The van der Waals surface area contributed by atoms with Crippen LogP contribution in [0.2, 0.25) is 5.02 Å². The molecule has 5 heteroatoms. The van der Waals surface area contributed by atoms with Gasteiger partial charge in [0.1, 0.15) is 5.82 Å². The lowest BCUT2D eigenvalue weighted by molar-refractivity contribution is 0.102. The molecular weight excluding hydrogens is 387 g/mol. The number of anilines is 1. The molecule has 1 amide bonds. The first-order chi connectivity index (χ1) is 13.9. The highest BCUT2D eigenvalue weighted by molar-refractivity contribution is 6.30. The van der Waals surface area contributed by atoms with Crippen molar-refractivity contribution < 1.29 is 9.18 Å². The van der Waals surface area contributed by atoms with Crippen LogP contribution in [0.5, 0.6) is 0 Å². The molecule has 1 N–H and O–H groups in total. The summed E-state index contributed by atoms with van der Waals surface area (Å²) in [6.07, 6.45) is 0. The number of pyridine rings is 1. The average molecular weight is 405 g/mol. The molecule has 0 saturated heterocycles. The molecule has 0 aliphatic carbocycles. The van der Waals surface area contributed by atoms with Crippen LogP contribution in [0.4, 0.5) is 10.1 Å². The van der Waals surface area contributed by atoms with Crippen molar-refractivity contribution in [2.75, 3.05) is 5.32 Å². The molecule has 0 spiro atoms. The molecule has 0 atom stereocenters. The fraction of sp³-hybridized carbons (Fsp3) is 0.0833. The molecule has 3 nitrogen and oxygen atoms in total. The molecule has 0 aliphatic heterocycles. The average Bonchev–Trinajstić information content (AvgIpc) is 2.70. The Morgan fingerprint density at radius 3 is 2.45 bits per heavy atom. The molecule has 3 aromatic carbocycles. The van der Waals surface area contributed by atoms with Crippen LogP contribution >= 0.6 is 11.6 Å². The maximum atomic E-state index is 14.2. The highest BCUT2D eigenvalue weighted by Crippen LogP contribution is 2.31. The monoisotopic (exact) mass is 404 g/mol. The van der Waals surface area contributed by atoms with E-state index in [9.17, 15) is 9.18 Å². The molecule has 0 saturated carbocycles. The van der Waals surface area contributed by atoms with Gasteiger partial charge < -0.3 is 5.32 Å². The van der Waals surface area contributed by atoms with Crippen molar-refractivity contribution in [3.05, 3.63) is 94.3 Å². The van der Waals surface area contributed by atoms with E-state index in [1.165, 1.54) is 18.2 Å². The number of aryl methyl sites for hydroxylation is 1. The summed E-state index contributed by atoms with van der Waals surface area (Å²) >= 11 is 5.81. The van der Waals surface area contributed by atoms with Gasteiger partial charge >= 0.3 is 0 Å². The van der Waals surface area contributed by atoms with E-state index in [4.69, 9.17) is 16.6 Å². The van der Waals surface area contributed by atoms with E-state index >= 15 is 0 Å². The lowest BCUT2D eigenvalue weighted by atomic mass is 9.96. The lowest BCUT2D eigenvalue weighted by Gasteiger charge is -2.15. The van der Waals surface area contributed by atoms with E-state index in [-0.39, 0.29) is 10.7 Å². The minimum Gasteiger partial charge on any atom is -0.319 e. The molecule has 0 radical (unpaired) electrons. The molecule has 4 aromatic rings. The molecular formula is C24H18ClFN2O. The zero-order chi connectivity index (χ0) is 20.5. The van der Waals surface area contributed by atoms with Crippen LogP contribution in [-0.4, -0.2) is 10.9 Å². The second kappa shape index (κ2) is 7.64. The molecule has 144 valence electrons. The van der Waals surface area contributed by atoms with Gasteiger partial charge in [0.2, 0.25) is 0 Å². The van der Waals surface area contributed by atoms with Crippen LogP contribution in [0.15, 0.2) is 66.7 Å². The van der Waals surface area contributed by atoms with Gasteiger partial charge in [-0.1, -0.05) is 59.6 Å². The van der Waals surface area contributed by atoms with Crippen molar-refractivity contribution >= 4 is 34.1 Å². The molecule has 4 rings (SSSR count). The van der Waals surface area contributed by atoms with Crippen molar-refractivity contribution in [3.63, 3.8) is 0 Å². The van der Waals surface area contributed by atoms with Crippen molar-refractivity contribution in [3.8, 4) is 11.3 Å². The standard InChI is InChI=1S/C24H18ClFN2O/c1-14-7-9-16(10-8-14)23-15(2)22(18-5-3-4-6-20(18)27-23)24(29)28-21-12-11-17(25)13-19(21)26/h3-13H,1-2H3,(H,28,29). The van der Waals surface area contributed by atoms with E-state index in [0.29, 0.717) is 16.5 Å². The number of carbonyl (C=O) groups excluding carboxylic acids is 1. The van der Waals surface area contributed by atoms with Gasteiger partial charge in [-0.15, -0.1) is 0 Å². The SMILES string of the molecule is Cc1ccc(-c2nc3ccccc3c(C(=O)Nc3ccc(Cl)cc3F)c2C)cc1. The number of para-hydroxylation sites is 1. The van der Waals surface area contributed by atoms with Crippen LogP contribution in [0.1, 0.15) is 21.5 Å². The quantitative estimate of drug-likeness (QED) is 0.420. The van der Waals surface area contributed by atoms with Crippen LogP contribution in [0, 0.1) is 19.7 Å². The molecule has 0 bridgehead atoms. The number of rotatable bonds is 3. The van der Waals surface area contributed by atoms with Crippen LogP contribution in [-0.2, 0) is 0 Å². The molecule has 0 aliphatic rings. The van der Waals surface area contributed by atoms with Crippen LogP contribution in [0.25, 0.3) is 22.2 Å². The smallest absolute Gasteiger partial charge is 0.256 e. The normalized spacial score (nSPS) is 10.9. The molecule has 0 fully saturated rings. The highest BCUT2D eigenvalue weighted by Gasteiger charge is 2.20. The molecule has 29 heavy (non-hydrogen) atoms. The Labute approximate surface area is 173 Å². The van der Waals surface area contributed by atoms with Gasteiger partial charge in [-0.2, -0.15) is 0 Å². The number of hydrogen-bond donors (Lipinski definition) is 1. The third-order valence-corrected chi connectivity index (χ3v) is 5.10. The molecule has 1 aromatic heterocycles. The predicted octanol–water partition coefficient (Wildman–Crippen LogP) is 6.56. The third-order valence-electron chi connectivity index (χ3n) is 4.87. The number of aromatic nitrogens is 1. The maximum Gasteiger partial charge on any atom is 0.256 e. The second-order valence-corrected chi connectivity index (χ2v) is 7.36. The number of benzene rings is 3. The Morgan fingerprint density at radius 1 is 1.00 bits per heavy atom. The van der Waals surface area contributed by atoms with Gasteiger partial charge in [-0.05, 0) is 43.7 Å².